The largest absolute Gasteiger partial charge is 0.346 e. The Morgan fingerprint density at radius 2 is 1.70 bits per heavy atom. The second-order valence-electron chi connectivity index (χ2n) is 6.02. The van der Waals surface area contributed by atoms with E-state index in [0.717, 1.165) is 0 Å². The van der Waals surface area contributed by atoms with Crippen LogP contribution in [0.4, 0.5) is 0 Å². The van der Waals surface area contributed by atoms with Crippen molar-refractivity contribution in [3.8, 4) is 11.4 Å². The van der Waals surface area contributed by atoms with E-state index in [1.54, 1.807) is 0 Å². The molecule has 0 N–H and O–H groups in total. The molecule has 0 aliphatic heterocycles. The number of hydrogen-bond acceptors (Lipinski definition) is 0. The molecule has 23 heavy (non-hydrogen) atoms. The zero-order chi connectivity index (χ0) is 16.0. The highest BCUT2D eigenvalue weighted by Gasteiger charge is 2.20. The van der Waals surface area contributed by atoms with Crippen molar-refractivity contribution in [2.45, 2.75) is 13.8 Å². The lowest BCUT2D eigenvalue weighted by molar-refractivity contribution is -0.600. The van der Waals surface area contributed by atoms with Gasteiger partial charge in [0.1, 0.15) is 18.1 Å². The van der Waals surface area contributed by atoms with E-state index in [9.17, 15) is 0 Å². The molecule has 0 amide bonds. The topological polar surface area (TPSA) is 13.7 Å². The van der Waals surface area contributed by atoms with Gasteiger partial charge in [-0.15, -0.1) is 0 Å². The third-order valence-electron chi connectivity index (χ3n) is 4.56. The Hall–Kier alpha value is -2.81. The van der Waals surface area contributed by atoms with Gasteiger partial charge in [-0.05, 0) is 30.7 Å². The number of imidazole rings is 1. The Morgan fingerprint density at radius 1 is 0.913 bits per heavy atom. The second kappa shape index (κ2) is 5.13. The molecule has 3 nitrogen and oxygen atoms in total. The van der Waals surface area contributed by atoms with E-state index in [-0.39, 0.29) is 0 Å². The van der Waals surface area contributed by atoms with Gasteiger partial charge >= 0.3 is 0 Å². The van der Waals surface area contributed by atoms with E-state index in [4.69, 9.17) is 0 Å². The Kier molecular flexibility index (Phi) is 3.08. The van der Waals surface area contributed by atoms with Crippen LogP contribution in [0.15, 0.2) is 67.1 Å². The zero-order valence-electron chi connectivity index (χ0n) is 13.7. The van der Waals surface area contributed by atoms with Crippen LogP contribution in [0, 0.1) is 13.8 Å². The summed E-state index contributed by atoms with van der Waals surface area (Å²) in [6.07, 6.45) is 6.48. The number of rotatable bonds is 2. The number of nitrogens with zero attached hydrogens (tertiary/aromatic N) is 3. The standard InChI is InChI=1S/C20H20N3/c1-15-8-7-11-18-20(15)19(14-21(18)3)23-13-12-22(16(23)2)17-9-5-4-6-10-17/h4-14H,1-3H3/q+1. The maximum absolute atomic E-state index is 2.27. The molecular weight excluding hydrogens is 282 g/mol. The van der Waals surface area contributed by atoms with Crippen LogP contribution < -0.4 is 4.57 Å². The molecule has 3 heteroatoms. The summed E-state index contributed by atoms with van der Waals surface area (Å²) in [5.74, 6) is 1.19. The SMILES string of the molecule is Cc1cccc2c1c(-[n+]1ccn(-c3ccccc3)c1C)cn2C. The number of aromatic nitrogens is 3. The molecule has 0 unspecified atom stereocenters. The lowest BCUT2D eigenvalue weighted by Gasteiger charge is -2.01. The predicted molar refractivity (Wildman–Crippen MR) is 93.3 cm³/mol. The van der Waals surface area contributed by atoms with Gasteiger partial charge in [-0.3, -0.25) is 0 Å². The highest BCUT2D eigenvalue weighted by molar-refractivity contribution is 5.90. The molecule has 2 heterocycles. The minimum absolute atomic E-state index is 1.18. The first kappa shape index (κ1) is 13.8. The van der Waals surface area contributed by atoms with Crippen LogP contribution in [0.25, 0.3) is 22.3 Å². The van der Waals surface area contributed by atoms with Gasteiger partial charge in [0, 0.05) is 19.4 Å². The number of aryl methyl sites for hydroxylation is 2. The van der Waals surface area contributed by atoms with E-state index >= 15 is 0 Å². The van der Waals surface area contributed by atoms with Gasteiger partial charge in [0.05, 0.1) is 11.7 Å². The highest BCUT2D eigenvalue weighted by atomic mass is 15.2. The van der Waals surface area contributed by atoms with Crippen LogP contribution in [-0.2, 0) is 7.05 Å². The van der Waals surface area contributed by atoms with Crippen molar-refractivity contribution in [2.24, 2.45) is 7.05 Å². The maximum Gasteiger partial charge on any atom is 0.263 e. The average Bonchev–Trinajstić information content (AvgIpc) is 3.10. The van der Waals surface area contributed by atoms with Crippen molar-refractivity contribution < 1.29 is 4.57 Å². The summed E-state index contributed by atoms with van der Waals surface area (Å²) in [6.45, 7) is 4.33. The number of fused-ring (bicyclic) bond motifs is 1. The van der Waals surface area contributed by atoms with Crippen LogP contribution >= 0.6 is 0 Å². The molecule has 0 radical (unpaired) electrons. The Balaban J connectivity index is 1.95. The lowest BCUT2D eigenvalue weighted by Crippen LogP contribution is -2.32. The predicted octanol–water partition coefficient (Wildman–Crippen LogP) is 3.86. The molecule has 0 aliphatic carbocycles. The second-order valence-corrected chi connectivity index (χ2v) is 6.02. The first-order valence-electron chi connectivity index (χ1n) is 7.87. The quantitative estimate of drug-likeness (QED) is 0.499. The first-order chi connectivity index (χ1) is 11.2. The molecule has 0 fully saturated rings. The summed E-state index contributed by atoms with van der Waals surface area (Å²) in [4.78, 5) is 0. The van der Waals surface area contributed by atoms with Gasteiger partial charge in [0.15, 0.2) is 5.69 Å². The van der Waals surface area contributed by atoms with Crippen molar-refractivity contribution >= 4 is 10.9 Å². The fourth-order valence-electron chi connectivity index (χ4n) is 3.36. The summed E-state index contributed by atoms with van der Waals surface area (Å²) >= 11 is 0. The Morgan fingerprint density at radius 3 is 2.48 bits per heavy atom. The van der Waals surface area contributed by atoms with Gasteiger partial charge in [-0.25, -0.2) is 0 Å². The Labute approximate surface area is 136 Å². The van der Waals surface area contributed by atoms with Crippen LogP contribution in [0.1, 0.15) is 11.4 Å². The van der Waals surface area contributed by atoms with E-state index in [2.05, 4.69) is 95.7 Å². The molecule has 0 bridgehead atoms. The normalized spacial score (nSPS) is 11.3. The molecule has 4 rings (SSSR count). The summed E-state index contributed by atoms with van der Waals surface area (Å²) in [7, 11) is 2.11. The maximum atomic E-state index is 2.27. The van der Waals surface area contributed by atoms with Crippen LogP contribution in [0.2, 0.25) is 0 Å². The molecule has 4 aromatic rings. The average molecular weight is 302 g/mol. The Bertz CT molecular complexity index is 991. The number of hydrogen-bond donors (Lipinski definition) is 0. The van der Waals surface area contributed by atoms with E-state index in [0.29, 0.717) is 0 Å². The van der Waals surface area contributed by atoms with Gasteiger partial charge in [-0.2, -0.15) is 9.13 Å². The zero-order valence-corrected chi connectivity index (χ0v) is 13.7. The summed E-state index contributed by atoms with van der Waals surface area (Å²) < 4.78 is 6.68. The lowest BCUT2D eigenvalue weighted by atomic mass is 10.1. The number of para-hydroxylation sites is 1. The van der Waals surface area contributed by atoms with Crippen molar-refractivity contribution in [2.75, 3.05) is 0 Å². The third kappa shape index (κ3) is 2.08. The molecule has 0 saturated heterocycles. The minimum Gasteiger partial charge on any atom is -0.346 e. The van der Waals surface area contributed by atoms with Crippen molar-refractivity contribution in [3.05, 3.63) is 78.5 Å². The summed E-state index contributed by atoms with van der Waals surface area (Å²) in [6, 6.07) is 16.9. The van der Waals surface area contributed by atoms with Crippen LogP contribution in [-0.4, -0.2) is 9.13 Å². The minimum atomic E-state index is 1.18. The molecule has 0 aliphatic rings. The van der Waals surface area contributed by atoms with Gasteiger partial charge in [0.2, 0.25) is 0 Å². The van der Waals surface area contributed by atoms with Gasteiger partial charge < -0.3 is 4.57 Å². The third-order valence-corrected chi connectivity index (χ3v) is 4.56. The molecule has 0 saturated carbocycles. The fourth-order valence-corrected chi connectivity index (χ4v) is 3.36. The highest BCUT2D eigenvalue weighted by Crippen LogP contribution is 2.25. The fraction of sp³-hybridized carbons (Fsp3) is 0.150. The molecule has 114 valence electrons. The van der Waals surface area contributed by atoms with Gasteiger partial charge in [0.25, 0.3) is 5.82 Å². The van der Waals surface area contributed by atoms with E-state index in [1.165, 1.54) is 33.7 Å². The van der Waals surface area contributed by atoms with E-state index < -0.39 is 0 Å². The monoisotopic (exact) mass is 302 g/mol. The smallest absolute Gasteiger partial charge is 0.263 e. The molecule has 0 atom stereocenters. The van der Waals surface area contributed by atoms with Crippen molar-refractivity contribution in [1.29, 1.82) is 0 Å². The van der Waals surface area contributed by atoms with E-state index in [1.807, 2.05) is 6.07 Å². The number of benzene rings is 2. The molecule has 2 aromatic carbocycles. The van der Waals surface area contributed by atoms with Crippen LogP contribution in [0.5, 0.6) is 0 Å². The summed E-state index contributed by atoms with van der Waals surface area (Å²) in [5, 5.41) is 1.31. The van der Waals surface area contributed by atoms with Crippen molar-refractivity contribution in [3.63, 3.8) is 0 Å². The molecule has 0 spiro atoms. The van der Waals surface area contributed by atoms with Gasteiger partial charge in [-0.1, -0.05) is 30.3 Å². The molecular formula is C20H20N3+. The first-order valence-corrected chi connectivity index (χ1v) is 7.87. The molecule has 2 aromatic heterocycles. The van der Waals surface area contributed by atoms with Crippen molar-refractivity contribution in [1.82, 2.24) is 9.13 Å². The summed E-state index contributed by atoms with van der Waals surface area (Å²) in [5.41, 5.74) is 4.98. The van der Waals surface area contributed by atoms with Crippen LogP contribution in [0.3, 0.4) is 0 Å².